The van der Waals surface area contributed by atoms with Gasteiger partial charge in [-0.15, -0.1) is 0 Å². The number of hydrogen-bond donors (Lipinski definition) is 2. The van der Waals surface area contributed by atoms with Gasteiger partial charge in [-0.1, -0.05) is 0 Å². The van der Waals surface area contributed by atoms with Crippen LogP contribution in [0.3, 0.4) is 0 Å². The maximum absolute atomic E-state index is 5.82. The number of H-pyrrole nitrogens is 1. The van der Waals surface area contributed by atoms with Crippen molar-refractivity contribution in [2.75, 3.05) is 0 Å². The summed E-state index contributed by atoms with van der Waals surface area (Å²) < 4.78 is 0.473. The molecule has 0 spiro atoms. The first-order chi connectivity index (χ1) is 5.00. The van der Waals surface area contributed by atoms with E-state index in [2.05, 4.69) is 9.97 Å². The van der Waals surface area contributed by atoms with Crippen molar-refractivity contribution in [2.24, 2.45) is 5.73 Å². The molecule has 0 aliphatic heterocycles. The van der Waals surface area contributed by atoms with Gasteiger partial charge in [-0.25, -0.2) is 4.98 Å². The summed E-state index contributed by atoms with van der Waals surface area (Å²) in [5.41, 5.74) is 6.34. The molecule has 0 aromatic carbocycles. The van der Waals surface area contributed by atoms with E-state index in [1.807, 2.05) is 19.9 Å². The fourth-order valence-electron chi connectivity index (χ4n) is 0.745. The van der Waals surface area contributed by atoms with Gasteiger partial charge in [0.05, 0.1) is 5.54 Å². The number of nitrogens with two attached hydrogens (primary N) is 1. The Balaban J connectivity index is 3.16. The van der Waals surface area contributed by atoms with Gasteiger partial charge in [-0.3, -0.25) is 0 Å². The summed E-state index contributed by atoms with van der Waals surface area (Å²) in [5, 5.41) is 0. The van der Waals surface area contributed by atoms with Gasteiger partial charge in [0.2, 0.25) is 0 Å². The molecular formula is C7H11N3S. The van der Waals surface area contributed by atoms with Crippen molar-refractivity contribution in [1.29, 1.82) is 0 Å². The van der Waals surface area contributed by atoms with Crippen molar-refractivity contribution in [3.8, 4) is 0 Å². The van der Waals surface area contributed by atoms with E-state index in [4.69, 9.17) is 18.0 Å². The molecule has 0 unspecified atom stereocenters. The molecule has 11 heavy (non-hydrogen) atoms. The van der Waals surface area contributed by atoms with Crippen LogP contribution in [0.25, 0.3) is 0 Å². The van der Waals surface area contributed by atoms with Crippen LogP contribution >= 0.6 is 12.2 Å². The molecule has 0 aliphatic rings. The van der Waals surface area contributed by atoms with Crippen molar-refractivity contribution in [3.63, 3.8) is 0 Å². The second-order valence-corrected chi connectivity index (χ2v) is 3.40. The second-order valence-electron chi connectivity index (χ2n) is 3.01. The first-order valence-electron chi connectivity index (χ1n) is 3.35. The van der Waals surface area contributed by atoms with Crippen LogP contribution in [0.15, 0.2) is 12.3 Å². The molecule has 0 saturated carbocycles. The molecule has 1 aromatic rings. The quantitative estimate of drug-likeness (QED) is 0.624. The maximum atomic E-state index is 5.82. The van der Waals surface area contributed by atoms with Crippen molar-refractivity contribution in [3.05, 3.63) is 22.7 Å². The molecule has 60 valence electrons. The molecule has 4 heteroatoms. The molecule has 0 atom stereocenters. The smallest absolute Gasteiger partial charge is 0.196 e. The number of nitrogens with zero attached hydrogens (tertiary/aromatic N) is 1. The van der Waals surface area contributed by atoms with E-state index < -0.39 is 0 Å². The van der Waals surface area contributed by atoms with Gasteiger partial charge in [0.1, 0.15) is 0 Å². The lowest BCUT2D eigenvalue weighted by Gasteiger charge is -2.17. The van der Waals surface area contributed by atoms with Crippen LogP contribution in [0.1, 0.15) is 19.5 Å². The summed E-state index contributed by atoms with van der Waals surface area (Å²) in [7, 11) is 0. The van der Waals surface area contributed by atoms with Gasteiger partial charge in [-0.2, -0.15) is 0 Å². The van der Waals surface area contributed by atoms with Crippen LogP contribution in [0.5, 0.6) is 0 Å². The third kappa shape index (κ3) is 2.10. The highest BCUT2D eigenvalue weighted by molar-refractivity contribution is 7.71. The average molecular weight is 169 g/mol. The second kappa shape index (κ2) is 2.71. The van der Waals surface area contributed by atoms with Gasteiger partial charge in [0.15, 0.2) is 4.77 Å². The molecule has 3 nitrogen and oxygen atoms in total. The highest BCUT2D eigenvalue weighted by atomic mass is 32.1. The molecule has 0 aliphatic carbocycles. The maximum Gasteiger partial charge on any atom is 0.196 e. The number of aromatic nitrogens is 2. The number of aromatic amines is 1. The molecule has 3 N–H and O–H groups in total. The Morgan fingerprint density at radius 1 is 1.64 bits per heavy atom. The lowest BCUT2D eigenvalue weighted by molar-refractivity contribution is 0.532. The standard InChI is InChI=1S/C7H11N3S/c1-7(2,8)5-3-4-9-6(11)10-5/h3-4H,8H2,1-2H3,(H,9,10,11). The molecule has 0 saturated heterocycles. The summed E-state index contributed by atoms with van der Waals surface area (Å²) in [5.74, 6) is 0. The monoisotopic (exact) mass is 169 g/mol. The Morgan fingerprint density at radius 2 is 2.27 bits per heavy atom. The van der Waals surface area contributed by atoms with Crippen LogP contribution in [0, 0.1) is 4.77 Å². The number of rotatable bonds is 1. The van der Waals surface area contributed by atoms with Crippen molar-refractivity contribution >= 4 is 12.2 Å². The Labute approximate surface area is 70.7 Å². The summed E-state index contributed by atoms with van der Waals surface area (Å²) >= 11 is 4.85. The zero-order valence-corrected chi connectivity index (χ0v) is 7.40. The highest BCUT2D eigenvalue weighted by Gasteiger charge is 2.13. The van der Waals surface area contributed by atoms with E-state index in [1.54, 1.807) is 6.20 Å². The van der Waals surface area contributed by atoms with Gasteiger partial charge in [0.25, 0.3) is 0 Å². The van der Waals surface area contributed by atoms with Crippen molar-refractivity contribution in [1.82, 2.24) is 9.97 Å². The Kier molecular flexibility index (Phi) is 2.06. The SMILES string of the molecule is CC(C)(N)c1ccnc(=S)[nH]1. The topological polar surface area (TPSA) is 54.7 Å². The van der Waals surface area contributed by atoms with Crippen molar-refractivity contribution < 1.29 is 0 Å². The summed E-state index contributed by atoms with van der Waals surface area (Å²) in [4.78, 5) is 6.78. The van der Waals surface area contributed by atoms with Gasteiger partial charge in [0, 0.05) is 11.9 Å². The van der Waals surface area contributed by atoms with Gasteiger partial charge in [-0.05, 0) is 32.1 Å². The first kappa shape index (κ1) is 8.36. The van der Waals surface area contributed by atoms with E-state index in [-0.39, 0.29) is 5.54 Å². The van der Waals surface area contributed by atoms with Gasteiger partial charge >= 0.3 is 0 Å². The molecular weight excluding hydrogens is 158 g/mol. The minimum Gasteiger partial charge on any atom is -0.333 e. The Bertz CT molecular complexity index is 297. The van der Waals surface area contributed by atoms with Gasteiger partial charge < -0.3 is 10.7 Å². The van der Waals surface area contributed by atoms with E-state index in [9.17, 15) is 0 Å². The zero-order chi connectivity index (χ0) is 8.48. The molecule has 1 heterocycles. The highest BCUT2D eigenvalue weighted by Crippen LogP contribution is 2.11. The molecule has 1 rings (SSSR count). The predicted molar refractivity (Wildman–Crippen MR) is 46.6 cm³/mol. The van der Waals surface area contributed by atoms with Crippen LogP contribution < -0.4 is 5.73 Å². The predicted octanol–water partition coefficient (Wildman–Crippen LogP) is 1.33. The van der Waals surface area contributed by atoms with E-state index >= 15 is 0 Å². The fourth-order valence-corrected chi connectivity index (χ4v) is 0.915. The minimum atomic E-state index is -0.378. The fraction of sp³-hybridized carbons (Fsp3) is 0.429. The van der Waals surface area contributed by atoms with Crippen LogP contribution in [0.4, 0.5) is 0 Å². The third-order valence-electron chi connectivity index (χ3n) is 1.37. The molecule has 0 bridgehead atoms. The third-order valence-corrected chi connectivity index (χ3v) is 1.58. The van der Waals surface area contributed by atoms with E-state index in [0.29, 0.717) is 4.77 Å². The van der Waals surface area contributed by atoms with Crippen molar-refractivity contribution in [2.45, 2.75) is 19.4 Å². The van der Waals surface area contributed by atoms with E-state index in [1.165, 1.54) is 0 Å². The van der Waals surface area contributed by atoms with Crippen LogP contribution in [-0.2, 0) is 5.54 Å². The Hall–Kier alpha value is -0.740. The summed E-state index contributed by atoms with van der Waals surface area (Å²) in [6, 6.07) is 1.83. The Morgan fingerprint density at radius 3 is 2.64 bits per heavy atom. The first-order valence-corrected chi connectivity index (χ1v) is 3.75. The molecule has 0 fully saturated rings. The average Bonchev–Trinajstić information content (AvgIpc) is 1.86. The summed E-state index contributed by atoms with van der Waals surface area (Å²) in [6.07, 6.45) is 1.66. The lowest BCUT2D eigenvalue weighted by Crippen LogP contribution is -2.29. The normalized spacial score (nSPS) is 11.5. The van der Waals surface area contributed by atoms with E-state index in [0.717, 1.165) is 5.69 Å². The van der Waals surface area contributed by atoms with Crippen LogP contribution in [0.2, 0.25) is 0 Å². The number of nitrogens with one attached hydrogen (secondary N) is 1. The summed E-state index contributed by atoms with van der Waals surface area (Å²) in [6.45, 7) is 3.82. The molecule has 1 aromatic heterocycles. The molecule has 0 radical (unpaired) electrons. The minimum absolute atomic E-state index is 0.378. The van der Waals surface area contributed by atoms with Crippen LogP contribution in [-0.4, -0.2) is 9.97 Å². The number of hydrogen-bond acceptors (Lipinski definition) is 3. The molecule has 0 amide bonds. The lowest BCUT2D eigenvalue weighted by atomic mass is 10.0. The largest absolute Gasteiger partial charge is 0.333 e. The zero-order valence-electron chi connectivity index (χ0n) is 6.59.